The smallest absolute Gasteiger partial charge is 0.125 e. The summed E-state index contributed by atoms with van der Waals surface area (Å²) in [4.78, 5) is 8.00. The van der Waals surface area contributed by atoms with Gasteiger partial charge in [-0.3, -0.25) is 4.68 Å². The molecule has 1 aromatic carbocycles. The van der Waals surface area contributed by atoms with Crippen LogP contribution in [0.15, 0.2) is 30.5 Å². The van der Waals surface area contributed by atoms with E-state index in [-0.39, 0.29) is 5.75 Å². The number of rotatable bonds is 2. The van der Waals surface area contributed by atoms with E-state index >= 15 is 0 Å². The van der Waals surface area contributed by atoms with Crippen molar-refractivity contribution >= 4 is 12.5 Å². The molecule has 0 aliphatic heterocycles. The van der Waals surface area contributed by atoms with Crippen LogP contribution in [0, 0.1) is 0 Å². The quantitative estimate of drug-likeness (QED) is 0.774. The Morgan fingerprint density at radius 1 is 1.35 bits per heavy atom. The molecule has 0 amide bonds. The van der Waals surface area contributed by atoms with E-state index in [9.17, 15) is 5.11 Å². The van der Waals surface area contributed by atoms with Crippen LogP contribution in [0.3, 0.4) is 0 Å². The summed E-state index contributed by atoms with van der Waals surface area (Å²) in [5.74, 6) is 0.262. The van der Waals surface area contributed by atoms with Gasteiger partial charge in [-0.1, -0.05) is 0 Å². The standard InChI is InChI=1S/C11H13N3O.CH2O/c1-12-8-3-4-11(15)9(7-8)10-5-6-13-14(10)2;1-2/h3-7,12,15H,1-2H3;1H2. The number of hydrogen-bond acceptors (Lipinski definition) is 4. The van der Waals surface area contributed by atoms with Gasteiger partial charge >= 0.3 is 0 Å². The van der Waals surface area contributed by atoms with Gasteiger partial charge in [0.05, 0.1) is 5.69 Å². The van der Waals surface area contributed by atoms with E-state index in [0.29, 0.717) is 0 Å². The summed E-state index contributed by atoms with van der Waals surface area (Å²) < 4.78 is 1.73. The lowest BCUT2D eigenvalue weighted by molar-refractivity contribution is -0.0979. The monoisotopic (exact) mass is 233 g/mol. The van der Waals surface area contributed by atoms with Crippen LogP contribution in [0.25, 0.3) is 11.3 Å². The van der Waals surface area contributed by atoms with Crippen molar-refractivity contribution in [3.05, 3.63) is 30.5 Å². The molecule has 5 heteroatoms. The van der Waals surface area contributed by atoms with Crippen LogP contribution in [-0.2, 0) is 11.8 Å². The minimum atomic E-state index is 0.262. The van der Waals surface area contributed by atoms with Crippen LogP contribution < -0.4 is 5.32 Å². The zero-order valence-corrected chi connectivity index (χ0v) is 9.84. The number of anilines is 1. The molecule has 0 saturated carbocycles. The molecule has 1 heterocycles. The molecule has 0 unspecified atom stereocenters. The zero-order chi connectivity index (χ0) is 12.8. The van der Waals surface area contributed by atoms with E-state index in [1.165, 1.54) is 0 Å². The van der Waals surface area contributed by atoms with Crippen LogP contribution in [0.2, 0.25) is 0 Å². The van der Waals surface area contributed by atoms with Gasteiger partial charge in [0.2, 0.25) is 0 Å². The molecule has 5 nitrogen and oxygen atoms in total. The number of aromatic nitrogens is 2. The Labute approximate surface area is 99.7 Å². The molecule has 0 radical (unpaired) electrons. The van der Waals surface area contributed by atoms with E-state index in [1.807, 2.05) is 39.1 Å². The summed E-state index contributed by atoms with van der Waals surface area (Å²) in [5.41, 5.74) is 2.63. The number of carbonyl (C=O) groups is 1. The van der Waals surface area contributed by atoms with E-state index in [2.05, 4.69) is 10.4 Å². The summed E-state index contributed by atoms with van der Waals surface area (Å²) >= 11 is 0. The van der Waals surface area contributed by atoms with Gasteiger partial charge < -0.3 is 15.2 Å². The molecule has 2 N–H and O–H groups in total. The molecule has 0 spiro atoms. The summed E-state index contributed by atoms with van der Waals surface area (Å²) in [5, 5.41) is 16.9. The van der Waals surface area contributed by atoms with Gasteiger partial charge in [0, 0.05) is 31.5 Å². The van der Waals surface area contributed by atoms with Crippen LogP contribution in [0.5, 0.6) is 5.75 Å². The first-order valence-electron chi connectivity index (χ1n) is 5.00. The van der Waals surface area contributed by atoms with E-state index in [0.717, 1.165) is 16.9 Å². The first kappa shape index (κ1) is 12.8. The summed E-state index contributed by atoms with van der Waals surface area (Å²) in [6.07, 6.45) is 1.71. The van der Waals surface area contributed by atoms with Crippen LogP contribution in [0.4, 0.5) is 5.69 Å². The van der Waals surface area contributed by atoms with Gasteiger partial charge in [-0.05, 0) is 24.3 Å². The fraction of sp³-hybridized carbons (Fsp3) is 0.167. The molecule has 0 aliphatic carbocycles. The number of phenols is 1. The second-order valence-corrected chi connectivity index (χ2v) is 3.32. The van der Waals surface area contributed by atoms with Crippen molar-refractivity contribution in [3.63, 3.8) is 0 Å². The van der Waals surface area contributed by atoms with E-state index < -0.39 is 0 Å². The largest absolute Gasteiger partial charge is 0.507 e. The molecule has 2 aromatic rings. The first-order valence-corrected chi connectivity index (χ1v) is 5.00. The molecule has 0 aliphatic rings. The summed E-state index contributed by atoms with van der Waals surface area (Å²) in [6, 6.07) is 7.27. The van der Waals surface area contributed by atoms with Crippen LogP contribution >= 0.6 is 0 Å². The van der Waals surface area contributed by atoms with E-state index in [4.69, 9.17) is 4.79 Å². The number of nitrogens with zero attached hydrogens (tertiary/aromatic N) is 2. The molecule has 17 heavy (non-hydrogen) atoms. The molecule has 0 atom stereocenters. The lowest BCUT2D eigenvalue weighted by Gasteiger charge is -2.07. The molecule has 90 valence electrons. The Morgan fingerprint density at radius 3 is 2.59 bits per heavy atom. The van der Waals surface area contributed by atoms with Crippen LogP contribution in [-0.4, -0.2) is 28.7 Å². The Morgan fingerprint density at radius 2 is 2.06 bits per heavy atom. The topological polar surface area (TPSA) is 67.2 Å². The average Bonchev–Trinajstić information content (AvgIpc) is 2.79. The highest BCUT2D eigenvalue weighted by Gasteiger charge is 2.08. The van der Waals surface area contributed by atoms with Crippen molar-refractivity contribution in [1.82, 2.24) is 9.78 Å². The number of phenolic OH excluding ortho intramolecular Hbond substituents is 1. The predicted molar refractivity (Wildman–Crippen MR) is 67.0 cm³/mol. The van der Waals surface area contributed by atoms with Crippen molar-refractivity contribution in [1.29, 1.82) is 0 Å². The van der Waals surface area contributed by atoms with Gasteiger partial charge in [0.15, 0.2) is 0 Å². The van der Waals surface area contributed by atoms with Gasteiger partial charge in [0.25, 0.3) is 0 Å². The van der Waals surface area contributed by atoms with Gasteiger partial charge in [-0.15, -0.1) is 0 Å². The van der Waals surface area contributed by atoms with Gasteiger partial charge in [-0.25, -0.2) is 0 Å². The summed E-state index contributed by atoms with van der Waals surface area (Å²) in [7, 11) is 3.69. The molecule has 0 saturated heterocycles. The van der Waals surface area contributed by atoms with Gasteiger partial charge in [0.1, 0.15) is 12.5 Å². The molecule has 0 fully saturated rings. The van der Waals surface area contributed by atoms with Gasteiger partial charge in [-0.2, -0.15) is 5.10 Å². The highest BCUT2D eigenvalue weighted by molar-refractivity contribution is 5.71. The fourth-order valence-corrected chi connectivity index (χ4v) is 1.53. The average molecular weight is 233 g/mol. The fourth-order valence-electron chi connectivity index (χ4n) is 1.53. The van der Waals surface area contributed by atoms with Crippen molar-refractivity contribution in [2.75, 3.05) is 12.4 Å². The number of carbonyl (C=O) groups excluding carboxylic acids is 1. The Kier molecular flexibility index (Phi) is 4.28. The number of benzene rings is 1. The number of aryl methyl sites for hydroxylation is 1. The van der Waals surface area contributed by atoms with Crippen molar-refractivity contribution in [2.45, 2.75) is 0 Å². The normalized spacial score (nSPS) is 9.29. The number of nitrogens with one attached hydrogen (secondary N) is 1. The number of hydrogen-bond donors (Lipinski definition) is 2. The minimum Gasteiger partial charge on any atom is -0.507 e. The number of aromatic hydroxyl groups is 1. The van der Waals surface area contributed by atoms with Crippen molar-refractivity contribution in [3.8, 4) is 17.0 Å². The maximum Gasteiger partial charge on any atom is 0.125 e. The third-order valence-electron chi connectivity index (χ3n) is 2.38. The Hall–Kier alpha value is -2.30. The Bertz CT molecular complexity index is 494. The maximum absolute atomic E-state index is 9.76. The predicted octanol–water partition coefficient (Wildman–Crippen LogP) is 1.65. The first-order chi connectivity index (χ1) is 8.22. The third kappa shape index (κ3) is 2.63. The highest BCUT2D eigenvalue weighted by Crippen LogP contribution is 2.30. The third-order valence-corrected chi connectivity index (χ3v) is 2.38. The van der Waals surface area contributed by atoms with E-state index in [1.54, 1.807) is 16.9 Å². The SMILES string of the molecule is C=O.CNc1ccc(O)c(-c2ccnn2C)c1. The molecule has 1 aromatic heterocycles. The molecular weight excluding hydrogens is 218 g/mol. The minimum absolute atomic E-state index is 0.262. The lowest BCUT2D eigenvalue weighted by Crippen LogP contribution is -1.95. The Balaban J connectivity index is 0.000000686. The summed E-state index contributed by atoms with van der Waals surface area (Å²) in [6.45, 7) is 2.00. The van der Waals surface area contributed by atoms with Crippen molar-refractivity contribution < 1.29 is 9.90 Å². The molecule has 0 bridgehead atoms. The van der Waals surface area contributed by atoms with Crippen molar-refractivity contribution in [2.24, 2.45) is 7.05 Å². The highest BCUT2D eigenvalue weighted by atomic mass is 16.3. The zero-order valence-electron chi connectivity index (χ0n) is 9.84. The second-order valence-electron chi connectivity index (χ2n) is 3.32. The maximum atomic E-state index is 9.76. The second kappa shape index (κ2) is 5.69. The van der Waals surface area contributed by atoms with Crippen LogP contribution in [0.1, 0.15) is 0 Å². The lowest BCUT2D eigenvalue weighted by atomic mass is 10.1. The molecule has 2 rings (SSSR count). The molecular formula is C12H15N3O2.